The van der Waals surface area contributed by atoms with Gasteiger partial charge in [-0.1, -0.05) is 29.8 Å². The first-order valence-corrected chi connectivity index (χ1v) is 8.25. The molecule has 0 saturated carbocycles. The van der Waals surface area contributed by atoms with Gasteiger partial charge in [0.1, 0.15) is 5.82 Å². The van der Waals surface area contributed by atoms with E-state index in [-0.39, 0.29) is 18.1 Å². The zero-order valence-electron chi connectivity index (χ0n) is 14.6. The van der Waals surface area contributed by atoms with Gasteiger partial charge in [-0.3, -0.25) is 4.79 Å². The molecule has 3 nitrogen and oxygen atoms in total. The predicted molar refractivity (Wildman–Crippen MR) is 99.2 cm³/mol. The Labute approximate surface area is 147 Å². The highest BCUT2D eigenvalue weighted by molar-refractivity contribution is 6.00. The van der Waals surface area contributed by atoms with E-state index in [9.17, 15) is 9.18 Å². The number of Topliss-reactive ketones (excluding diaryl/α,β-unsaturated/α-hetero) is 1. The van der Waals surface area contributed by atoms with Crippen molar-refractivity contribution in [1.29, 1.82) is 0 Å². The average Bonchev–Trinajstić information content (AvgIpc) is 2.89. The van der Waals surface area contributed by atoms with Crippen molar-refractivity contribution in [3.05, 3.63) is 82.9 Å². The number of carbonyl (C=O) groups is 1. The molecule has 0 saturated heterocycles. The highest BCUT2D eigenvalue weighted by atomic mass is 19.1. The van der Waals surface area contributed by atoms with Crippen molar-refractivity contribution in [2.24, 2.45) is 0 Å². The van der Waals surface area contributed by atoms with Crippen LogP contribution >= 0.6 is 0 Å². The summed E-state index contributed by atoms with van der Waals surface area (Å²) in [6.45, 7) is 6.01. The molecule has 2 aromatic carbocycles. The number of carbonyl (C=O) groups excluding carboxylic acids is 1. The van der Waals surface area contributed by atoms with E-state index in [4.69, 9.17) is 0 Å². The summed E-state index contributed by atoms with van der Waals surface area (Å²) in [5.41, 5.74) is 5.10. The number of rotatable bonds is 5. The second-order valence-electron chi connectivity index (χ2n) is 6.21. The minimum absolute atomic E-state index is 0.0547. The molecule has 0 atom stereocenters. The highest BCUT2D eigenvalue weighted by Crippen LogP contribution is 2.22. The summed E-state index contributed by atoms with van der Waals surface area (Å²) in [7, 11) is 0. The normalized spacial score (nSPS) is 10.7. The number of nitrogens with zero attached hydrogens (tertiary/aromatic N) is 1. The maximum Gasteiger partial charge on any atom is 0.183 e. The molecule has 1 aromatic heterocycles. The predicted octanol–water partition coefficient (Wildman–Crippen LogP) is 4.84. The SMILES string of the molecule is Cc1ccc(-n2c(C)cc(C(=O)CNc3ccccc3F)c2C)cc1. The van der Waals surface area contributed by atoms with Crippen molar-refractivity contribution < 1.29 is 9.18 Å². The monoisotopic (exact) mass is 336 g/mol. The molecule has 3 rings (SSSR count). The van der Waals surface area contributed by atoms with Crippen molar-refractivity contribution in [2.45, 2.75) is 20.8 Å². The number of ketones is 1. The van der Waals surface area contributed by atoms with Crippen LogP contribution in [0.1, 0.15) is 27.3 Å². The molecule has 128 valence electrons. The Morgan fingerprint density at radius 2 is 1.72 bits per heavy atom. The third-order valence-electron chi connectivity index (χ3n) is 4.34. The standard InChI is InChI=1S/C21H21FN2O/c1-14-8-10-17(11-9-14)24-15(2)12-18(16(24)3)21(25)13-23-20-7-5-4-6-19(20)22/h4-12,23H,13H2,1-3H3. The molecule has 0 amide bonds. The van der Waals surface area contributed by atoms with Crippen LogP contribution in [0.5, 0.6) is 0 Å². The van der Waals surface area contributed by atoms with Gasteiger partial charge < -0.3 is 9.88 Å². The lowest BCUT2D eigenvalue weighted by Crippen LogP contribution is -2.15. The molecule has 0 aliphatic heterocycles. The number of hydrogen-bond donors (Lipinski definition) is 1. The zero-order valence-corrected chi connectivity index (χ0v) is 14.6. The van der Waals surface area contributed by atoms with Crippen LogP contribution < -0.4 is 5.32 Å². The molecule has 1 heterocycles. The molecule has 0 bridgehead atoms. The number of hydrogen-bond acceptors (Lipinski definition) is 2. The Morgan fingerprint density at radius 3 is 2.40 bits per heavy atom. The second-order valence-corrected chi connectivity index (χ2v) is 6.21. The number of aryl methyl sites for hydroxylation is 2. The number of benzene rings is 2. The zero-order chi connectivity index (χ0) is 18.0. The summed E-state index contributed by atoms with van der Waals surface area (Å²) >= 11 is 0. The van der Waals surface area contributed by atoms with Crippen LogP contribution in [-0.4, -0.2) is 16.9 Å². The summed E-state index contributed by atoms with van der Waals surface area (Å²) < 4.78 is 15.7. The van der Waals surface area contributed by atoms with Crippen LogP contribution in [0.25, 0.3) is 5.69 Å². The number of para-hydroxylation sites is 1. The smallest absolute Gasteiger partial charge is 0.183 e. The molecule has 25 heavy (non-hydrogen) atoms. The van der Waals surface area contributed by atoms with Gasteiger partial charge in [0.15, 0.2) is 5.78 Å². The van der Waals surface area contributed by atoms with Crippen molar-refractivity contribution in [1.82, 2.24) is 4.57 Å². The van der Waals surface area contributed by atoms with Gasteiger partial charge in [0.05, 0.1) is 12.2 Å². The van der Waals surface area contributed by atoms with Crippen molar-refractivity contribution in [3.8, 4) is 5.69 Å². The Balaban J connectivity index is 1.83. The summed E-state index contributed by atoms with van der Waals surface area (Å²) in [4.78, 5) is 12.6. The summed E-state index contributed by atoms with van der Waals surface area (Å²) in [5.74, 6) is -0.421. The van der Waals surface area contributed by atoms with Gasteiger partial charge in [0.2, 0.25) is 0 Å². The molecule has 0 radical (unpaired) electrons. The first kappa shape index (κ1) is 17.0. The van der Waals surface area contributed by atoms with Crippen LogP contribution in [0, 0.1) is 26.6 Å². The first-order chi connectivity index (χ1) is 12.0. The van der Waals surface area contributed by atoms with E-state index in [1.165, 1.54) is 11.6 Å². The summed E-state index contributed by atoms with van der Waals surface area (Å²) in [5, 5.41) is 2.88. The molecule has 0 spiro atoms. The summed E-state index contributed by atoms with van der Waals surface area (Å²) in [6, 6.07) is 16.4. The maximum absolute atomic E-state index is 13.7. The van der Waals surface area contributed by atoms with Gasteiger partial charge in [-0.15, -0.1) is 0 Å². The van der Waals surface area contributed by atoms with Gasteiger partial charge in [0.25, 0.3) is 0 Å². The molecule has 0 unspecified atom stereocenters. The van der Waals surface area contributed by atoms with Crippen LogP contribution in [0.3, 0.4) is 0 Å². The third kappa shape index (κ3) is 3.48. The lowest BCUT2D eigenvalue weighted by atomic mass is 10.1. The van der Waals surface area contributed by atoms with E-state index < -0.39 is 0 Å². The Bertz CT molecular complexity index is 910. The van der Waals surface area contributed by atoms with E-state index >= 15 is 0 Å². The van der Waals surface area contributed by atoms with Gasteiger partial charge in [-0.2, -0.15) is 0 Å². The van der Waals surface area contributed by atoms with Crippen LogP contribution in [-0.2, 0) is 0 Å². The van der Waals surface area contributed by atoms with Crippen molar-refractivity contribution in [2.75, 3.05) is 11.9 Å². The van der Waals surface area contributed by atoms with Gasteiger partial charge in [-0.25, -0.2) is 4.39 Å². The van der Waals surface area contributed by atoms with E-state index in [0.717, 1.165) is 17.1 Å². The Hall–Kier alpha value is -2.88. The fraction of sp³-hybridized carbons (Fsp3) is 0.190. The molecule has 0 fully saturated rings. The van der Waals surface area contributed by atoms with E-state index in [1.807, 2.05) is 39.0 Å². The number of anilines is 1. The van der Waals surface area contributed by atoms with Crippen LogP contribution in [0.15, 0.2) is 54.6 Å². The third-order valence-corrected chi connectivity index (χ3v) is 4.34. The first-order valence-electron chi connectivity index (χ1n) is 8.25. The molecule has 1 N–H and O–H groups in total. The van der Waals surface area contributed by atoms with Gasteiger partial charge >= 0.3 is 0 Å². The fourth-order valence-corrected chi connectivity index (χ4v) is 3.01. The molecule has 3 aromatic rings. The van der Waals surface area contributed by atoms with Gasteiger partial charge in [-0.05, 0) is 51.1 Å². The van der Waals surface area contributed by atoms with Crippen LogP contribution in [0.4, 0.5) is 10.1 Å². The molecule has 0 aliphatic rings. The second kappa shape index (κ2) is 6.93. The summed E-state index contributed by atoms with van der Waals surface area (Å²) in [6.07, 6.45) is 0. The van der Waals surface area contributed by atoms with Gasteiger partial charge in [0, 0.05) is 22.6 Å². The number of aromatic nitrogens is 1. The molecular formula is C21H21FN2O. The van der Waals surface area contributed by atoms with E-state index in [1.54, 1.807) is 18.2 Å². The lowest BCUT2D eigenvalue weighted by Gasteiger charge is -2.10. The topological polar surface area (TPSA) is 34.0 Å². The number of nitrogens with one attached hydrogen (secondary N) is 1. The average molecular weight is 336 g/mol. The molecule has 0 aliphatic carbocycles. The Morgan fingerprint density at radius 1 is 1.04 bits per heavy atom. The largest absolute Gasteiger partial charge is 0.375 e. The number of halogens is 1. The highest BCUT2D eigenvalue weighted by Gasteiger charge is 2.16. The van der Waals surface area contributed by atoms with Crippen molar-refractivity contribution >= 4 is 11.5 Å². The van der Waals surface area contributed by atoms with E-state index in [0.29, 0.717) is 11.3 Å². The maximum atomic E-state index is 13.7. The quantitative estimate of drug-likeness (QED) is 0.677. The Kier molecular flexibility index (Phi) is 4.70. The molecular weight excluding hydrogens is 315 g/mol. The van der Waals surface area contributed by atoms with Crippen LogP contribution in [0.2, 0.25) is 0 Å². The fourth-order valence-electron chi connectivity index (χ4n) is 3.01. The van der Waals surface area contributed by atoms with E-state index in [2.05, 4.69) is 22.0 Å². The minimum atomic E-state index is -0.361. The molecule has 4 heteroatoms. The minimum Gasteiger partial charge on any atom is -0.375 e. The lowest BCUT2D eigenvalue weighted by molar-refractivity contribution is 0.101. The van der Waals surface area contributed by atoms with Crippen molar-refractivity contribution in [3.63, 3.8) is 0 Å².